The molecule has 0 saturated carbocycles. The fraction of sp³-hybridized carbons (Fsp3) is 0.133. The van der Waals surface area contributed by atoms with E-state index in [2.05, 4.69) is 10.5 Å². The summed E-state index contributed by atoms with van der Waals surface area (Å²) in [6, 6.07) is 6.80. The molecule has 27 heavy (non-hydrogen) atoms. The summed E-state index contributed by atoms with van der Waals surface area (Å²) < 4.78 is 38.6. The smallest absolute Gasteiger partial charge is 0.399 e. The molecule has 0 spiro atoms. The molecule has 9 nitrogen and oxygen atoms in total. The van der Waals surface area contributed by atoms with Gasteiger partial charge in [0.2, 0.25) is 5.69 Å². The van der Waals surface area contributed by atoms with Crippen molar-refractivity contribution in [3.05, 3.63) is 67.8 Å². The number of hydrogen-bond acceptors (Lipinski definition) is 7. The van der Waals surface area contributed by atoms with Crippen LogP contribution in [0.25, 0.3) is 0 Å². The molecular weight excluding hydrogens is 371 g/mol. The molecule has 0 heterocycles. The average Bonchev–Trinajstić information content (AvgIpc) is 2.57. The lowest BCUT2D eigenvalue weighted by molar-refractivity contribution is -0.392. The van der Waals surface area contributed by atoms with Crippen molar-refractivity contribution in [1.82, 2.24) is 0 Å². The number of nitrogens with one attached hydrogen (secondary N) is 1. The van der Waals surface area contributed by atoms with Gasteiger partial charge in [0.05, 0.1) is 21.1 Å². The van der Waals surface area contributed by atoms with Gasteiger partial charge in [0.25, 0.3) is 0 Å². The van der Waals surface area contributed by atoms with Gasteiger partial charge in [0.1, 0.15) is 0 Å². The van der Waals surface area contributed by atoms with E-state index >= 15 is 0 Å². The number of nitrogen functional groups attached to an aromatic ring is 1. The molecule has 2 rings (SSSR count). The molecule has 142 valence electrons. The quantitative estimate of drug-likeness (QED) is 0.347. The average molecular weight is 383 g/mol. The van der Waals surface area contributed by atoms with Crippen LogP contribution in [0.3, 0.4) is 0 Å². The van der Waals surface area contributed by atoms with Gasteiger partial charge < -0.3 is 5.73 Å². The lowest BCUT2D eigenvalue weighted by Crippen LogP contribution is -2.10. The van der Waals surface area contributed by atoms with Crippen molar-refractivity contribution in [2.75, 3.05) is 11.2 Å². The van der Waals surface area contributed by atoms with Crippen LogP contribution in [0, 0.1) is 20.2 Å². The number of hydrogen-bond donors (Lipinski definition) is 2. The predicted molar refractivity (Wildman–Crippen MR) is 91.4 cm³/mol. The van der Waals surface area contributed by atoms with Gasteiger partial charge in [-0.15, -0.1) is 0 Å². The van der Waals surface area contributed by atoms with E-state index in [9.17, 15) is 33.4 Å². The zero-order chi connectivity index (χ0) is 20.4. The van der Waals surface area contributed by atoms with E-state index in [1.54, 1.807) is 18.2 Å². The number of nitro groups is 2. The van der Waals surface area contributed by atoms with Gasteiger partial charge in [-0.3, -0.25) is 25.7 Å². The second kappa shape index (κ2) is 7.27. The van der Waals surface area contributed by atoms with E-state index in [0.29, 0.717) is 11.3 Å². The normalized spacial score (nSPS) is 11.9. The maximum absolute atomic E-state index is 12.9. The number of nitrogens with zero attached hydrogens (tertiary/aromatic N) is 3. The Morgan fingerprint density at radius 3 is 2.11 bits per heavy atom. The maximum Gasteiger partial charge on any atom is 0.416 e. The van der Waals surface area contributed by atoms with Crippen LogP contribution in [0.15, 0.2) is 41.5 Å². The van der Waals surface area contributed by atoms with Gasteiger partial charge in [0.15, 0.2) is 0 Å². The molecule has 0 amide bonds. The molecule has 0 aliphatic heterocycles. The van der Waals surface area contributed by atoms with Crippen molar-refractivity contribution in [1.29, 1.82) is 0 Å². The molecular formula is C15H12F3N5O4. The van der Waals surface area contributed by atoms with Gasteiger partial charge >= 0.3 is 17.6 Å². The summed E-state index contributed by atoms with van der Waals surface area (Å²) in [4.78, 5) is 20.0. The van der Waals surface area contributed by atoms with Crippen LogP contribution in [0.1, 0.15) is 18.1 Å². The lowest BCUT2D eigenvalue weighted by Gasteiger charge is -2.10. The van der Waals surface area contributed by atoms with Crippen molar-refractivity contribution in [3.63, 3.8) is 0 Å². The van der Waals surface area contributed by atoms with Crippen molar-refractivity contribution in [2.45, 2.75) is 13.1 Å². The fourth-order valence-corrected chi connectivity index (χ4v) is 2.15. The third kappa shape index (κ3) is 4.48. The van der Waals surface area contributed by atoms with Crippen LogP contribution in [-0.2, 0) is 6.18 Å². The minimum absolute atomic E-state index is 0.209. The van der Waals surface area contributed by atoms with Gasteiger partial charge in [-0.05, 0) is 24.6 Å². The second-order valence-electron chi connectivity index (χ2n) is 5.34. The number of rotatable bonds is 5. The topological polar surface area (TPSA) is 137 Å². The Morgan fingerprint density at radius 1 is 1.11 bits per heavy atom. The first-order valence-corrected chi connectivity index (χ1v) is 7.21. The van der Waals surface area contributed by atoms with Crippen LogP contribution < -0.4 is 11.2 Å². The number of nitrogens with two attached hydrogens (primary N) is 1. The lowest BCUT2D eigenvalue weighted by atomic mass is 10.1. The summed E-state index contributed by atoms with van der Waals surface area (Å²) >= 11 is 0. The number of hydrazone groups is 1. The van der Waals surface area contributed by atoms with E-state index in [-0.39, 0.29) is 17.8 Å². The molecule has 12 heteroatoms. The van der Waals surface area contributed by atoms with Crippen LogP contribution in [0.2, 0.25) is 0 Å². The van der Waals surface area contributed by atoms with Crippen molar-refractivity contribution < 1.29 is 23.0 Å². The molecule has 0 saturated heterocycles. The molecule has 0 aliphatic rings. The molecule has 2 aromatic carbocycles. The largest absolute Gasteiger partial charge is 0.416 e. The van der Waals surface area contributed by atoms with Crippen LogP contribution in [0.5, 0.6) is 0 Å². The maximum atomic E-state index is 12.9. The SMILES string of the molecule is C/C(=N/Nc1c([N+](=O)[O-])cc(C(F)(F)F)cc1[N+](=O)[O-])c1cccc(N)c1. The molecule has 0 atom stereocenters. The Balaban J connectivity index is 2.56. The summed E-state index contributed by atoms with van der Waals surface area (Å²) in [5.74, 6) is 0. The molecule has 3 N–H and O–H groups in total. The van der Waals surface area contributed by atoms with E-state index in [1.165, 1.54) is 13.0 Å². The highest BCUT2D eigenvalue weighted by molar-refractivity contribution is 6.00. The molecule has 0 aromatic heterocycles. The first-order chi connectivity index (χ1) is 12.5. The molecule has 2 aromatic rings. The van der Waals surface area contributed by atoms with Gasteiger partial charge in [-0.25, -0.2) is 0 Å². The van der Waals surface area contributed by atoms with Gasteiger partial charge in [-0.2, -0.15) is 18.3 Å². The third-order valence-corrected chi connectivity index (χ3v) is 3.46. The number of nitro benzene ring substituents is 2. The number of anilines is 2. The Hall–Kier alpha value is -3.70. The minimum atomic E-state index is -4.99. The standard InChI is InChI=1S/C15H12F3N5O4/c1-8(9-3-2-4-11(19)5-9)20-21-14-12(22(24)25)6-10(15(16,17)18)7-13(14)23(26)27/h2-7,21H,19H2,1H3/b20-8-. The Bertz CT molecular complexity index is 908. The Morgan fingerprint density at radius 2 is 1.67 bits per heavy atom. The summed E-state index contributed by atoms with van der Waals surface area (Å²) in [5, 5.41) is 26.1. The second-order valence-corrected chi connectivity index (χ2v) is 5.34. The molecule has 0 fully saturated rings. The van der Waals surface area contributed by atoms with Crippen molar-refractivity contribution >= 4 is 28.5 Å². The zero-order valence-electron chi connectivity index (χ0n) is 13.6. The summed E-state index contributed by atoms with van der Waals surface area (Å²) in [7, 11) is 0. The van der Waals surface area contributed by atoms with Crippen LogP contribution in [-0.4, -0.2) is 15.6 Å². The Kier molecular flexibility index (Phi) is 5.28. The summed E-state index contributed by atoms with van der Waals surface area (Å²) in [6.45, 7) is 1.49. The highest BCUT2D eigenvalue weighted by Crippen LogP contribution is 2.41. The van der Waals surface area contributed by atoms with Gasteiger partial charge in [0, 0.05) is 17.8 Å². The van der Waals surface area contributed by atoms with E-state index in [1.807, 2.05) is 0 Å². The van der Waals surface area contributed by atoms with E-state index in [4.69, 9.17) is 5.73 Å². The first-order valence-electron chi connectivity index (χ1n) is 7.21. The van der Waals surface area contributed by atoms with Crippen LogP contribution >= 0.6 is 0 Å². The minimum Gasteiger partial charge on any atom is -0.399 e. The molecule has 0 bridgehead atoms. The van der Waals surface area contributed by atoms with Crippen molar-refractivity contribution in [3.8, 4) is 0 Å². The monoisotopic (exact) mass is 383 g/mol. The van der Waals surface area contributed by atoms with Gasteiger partial charge in [-0.1, -0.05) is 12.1 Å². The molecule has 0 unspecified atom stereocenters. The number of alkyl halides is 3. The number of halogens is 3. The number of benzene rings is 2. The molecule has 0 radical (unpaired) electrons. The highest BCUT2D eigenvalue weighted by Gasteiger charge is 2.37. The fourth-order valence-electron chi connectivity index (χ4n) is 2.15. The van der Waals surface area contributed by atoms with E-state index < -0.39 is 38.6 Å². The van der Waals surface area contributed by atoms with Crippen molar-refractivity contribution in [2.24, 2.45) is 5.10 Å². The Labute approximate surface area is 149 Å². The van der Waals surface area contributed by atoms with E-state index in [0.717, 1.165) is 0 Å². The first kappa shape index (κ1) is 19.6. The molecule has 0 aliphatic carbocycles. The highest BCUT2D eigenvalue weighted by atomic mass is 19.4. The predicted octanol–water partition coefficient (Wildman–Crippen LogP) is 3.94. The summed E-state index contributed by atoms with van der Waals surface area (Å²) in [6.07, 6.45) is -4.99. The van der Waals surface area contributed by atoms with Crippen LogP contribution in [0.4, 0.5) is 35.9 Å². The summed E-state index contributed by atoms with van der Waals surface area (Å²) in [5.41, 5.74) is 4.42. The third-order valence-electron chi connectivity index (χ3n) is 3.46. The zero-order valence-corrected chi connectivity index (χ0v) is 13.6.